The highest BCUT2D eigenvalue weighted by Gasteiger charge is 2.29. The first-order valence-electron chi connectivity index (χ1n) is 10.2. The summed E-state index contributed by atoms with van der Waals surface area (Å²) in [4.78, 5) is 26.5. The van der Waals surface area contributed by atoms with Gasteiger partial charge in [-0.3, -0.25) is 14.5 Å². The number of nitrogens with zero attached hydrogens (tertiary/aromatic N) is 1. The normalized spacial score (nSPS) is 15.6. The Bertz CT molecular complexity index is 926. The van der Waals surface area contributed by atoms with Gasteiger partial charge < -0.3 is 10.6 Å². The molecule has 32 heavy (non-hydrogen) atoms. The van der Waals surface area contributed by atoms with Crippen LogP contribution in [-0.4, -0.2) is 47.9 Å². The number of carbonyl (C=O) groups excluding carboxylic acids is 2. The Labute approximate surface area is 189 Å². The van der Waals surface area contributed by atoms with Gasteiger partial charge in [0.2, 0.25) is 11.8 Å². The van der Waals surface area contributed by atoms with E-state index in [9.17, 15) is 22.8 Å². The predicted octanol–water partition coefficient (Wildman–Crippen LogP) is 4.53. The van der Waals surface area contributed by atoms with Crippen molar-refractivity contribution in [3.8, 4) is 0 Å². The number of hydrogen-bond donors (Lipinski definition) is 2. The minimum atomic E-state index is -4.32. The zero-order chi connectivity index (χ0) is 23.0. The number of alkyl halides is 3. The van der Waals surface area contributed by atoms with E-state index in [1.165, 1.54) is 30.3 Å². The first-order valence-corrected chi connectivity index (χ1v) is 11.0. The zero-order valence-corrected chi connectivity index (χ0v) is 18.1. The van der Waals surface area contributed by atoms with Gasteiger partial charge in [0.1, 0.15) is 0 Å². The van der Waals surface area contributed by atoms with E-state index in [2.05, 4.69) is 15.5 Å². The van der Waals surface area contributed by atoms with Crippen molar-refractivity contribution in [2.24, 2.45) is 0 Å². The maximum absolute atomic E-state index is 12.4. The van der Waals surface area contributed by atoms with Gasteiger partial charge in [-0.25, -0.2) is 0 Å². The number of amides is 2. The van der Waals surface area contributed by atoms with Crippen LogP contribution in [0.1, 0.15) is 18.4 Å². The first kappa shape index (κ1) is 23.9. The van der Waals surface area contributed by atoms with Gasteiger partial charge in [-0.2, -0.15) is 13.2 Å². The summed E-state index contributed by atoms with van der Waals surface area (Å²) in [6.45, 7) is 1.71. The van der Waals surface area contributed by atoms with Gasteiger partial charge in [-0.15, -0.1) is 0 Å². The van der Waals surface area contributed by atoms with E-state index in [1.807, 2.05) is 30.3 Å². The van der Waals surface area contributed by atoms with Gasteiger partial charge in [-0.05, 0) is 60.5 Å². The molecule has 1 heterocycles. The smallest absolute Gasteiger partial charge is 0.350 e. The van der Waals surface area contributed by atoms with Crippen LogP contribution in [0.3, 0.4) is 0 Å². The molecule has 1 aliphatic heterocycles. The molecule has 1 fully saturated rings. The summed E-state index contributed by atoms with van der Waals surface area (Å²) in [5.74, 6) is -0.319. The van der Waals surface area contributed by atoms with Crippen LogP contribution >= 0.6 is 11.8 Å². The van der Waals surface area contributed by atoms with E-state index >= 15 is 0 Å². The van der Waals surface area contributed by atoms with Crippen LogP contribution in [0.25, 0.3) is 6.08 Å². The van der Waals surface area contributed by atoms with Crippen molar-refractivity contribution in [1.29, 1.82) is 0 Å². The highest BCUT2D eigenvalue weighted by atomic mass is 32.2. The summed E-state index contributed by atoms with van der Waals surface area (Å²) in [5.41, 5.74) is -2.91. The predicted molar refractivity (Wildman–Crippen MR) is 120 cm³/mol. The Hall–Kier alpha value is -2.78. The number of nitrogens with one attached hydrogen (secondary N) is 2. The van der Waals surface area contributed by atoms with Crippen LogP contribution in [0.4, 0.5) is 18.9 Å². The Morgan fingerprint density at radius 1 is 1.03 bits per heavy atom. The fourth-order valence-electron chi connectivity index (χ4n) is 3.36. The van der Waals surface area contributed by atoms with Crippen molar-refractivity contribution in [3.63, 3.8) is 0 Å². The molecular formula is C23H24F3N3O2S. The average Bonchev–Trinajstić information content (AvgIpc) is 2.74. The van der Waals surface area contributed by atoms with Gasteiger partial charge in [0.05, 0.1) is 6.54 Å². The minimum absolute atomic E-state index is 0.0196. The highest BCUT2D eigenvalue weighted by molar-refractivity contribution is 8.00. The lowest BCUT2D eigenvalue weighted by atomic mass is 10.0. The number of hydrogen-bond acceptors (Lipinski definition) is 4. The molecule has 0 spiro atoms. The summed E-state index contributed by atoms with van der Waals surface area (Å²) in [6.07, 6.45) is 4.43. The van der Waals surface area contributed by atoms with Crippen LogP contribution in [0.2, 0.25) is 0 Å². The third-order valence-electron chi connectivity index (χ3n) is 4.90. The third kappa shape index (κ3) is 8.39. The van der Waals surface area contributed by atoms with Crippen molar-refractivity contribution in [1.82, 2.24) is 10.2 Å². The number of anilines is 1. The summed E-state index contributed by atoms with van der Waals surface area (Å²) >= 11 is -0.171. The lowest BCUT2D eigenvalue weighted by molar-refractivity contribution is -0.119. The summed E-state index contributed by atoms with van der Waals surface area (Å²) in [5, 5.41) is 5.80. The molecule has 1 saturated heterocycles. The number of rotatable bonds is 7. The minimum Gasteiger partial charge on any atom is -0.350 e. The van der Waals surface area contributed by atoms with Crippen LogP contribution in [0.15, 0.2) is 65.6 Å². The molecule has 0 aliphatic carbocycles. The quantitative estimate of drug-likeness (QED) is 0.468. The van der Waals surface area contributed by atoms with Crippen molar-refractivity contribution in [3.05, 3.63) is 66.2 Å². The molecule has 2 N–H and O–H groups in total. The molecule has 0 atom stereocenters. The maximum atomic E-state index is 12.4. The molecule has 0 bridgehead atoms. The molecule has 0 saturated carbocycles. The Morgan fingerprint density at radius 3 is 2.31 bits per heavy atom. The average molecular weight is 464 g/mol. The Kier molecular flexibility index (Phi) is 8.35. The van der Waals surface area contributed by atoms with Crippen LogP contribution in [0.5, 0.6) is 0 Å². The number of carbonyl (C=O) groups is 2. The van der Waals surface area contributed by atoms with Crippen molar-refractivity contribution >= 4 is 35.3 Å². The molecule has 3 rings (SSSR count). The second-order valence-electron chi connectivity index (χ2n) is 7.42. The molecule has 2 amide bonds. The lowest BCUT2D eigenvalue weighted by Crippen LogP contribution is -2.46. The van der Waals surface area contributed by atoms with Crippen LogP contribution < -0.4 is 10.6 Å². The van der Waals surface area contributed by atoms with E-state index in [1.54, 1.807) is 6.08 Å². The number of benzene rings is 2. The molecule has 170 valence electrons. The number of para-hydroxylation sites is 1. The second kappa shape index (κ2) is 11.2. The molecule has 9 heteroatoms. The standard InChI is InChI=1S/C23H24F3N3O2S/c24-23(25,26)32-20-9-6-17(7-10-20)8-11-21(30)27-19-12-14-29(15-13-19)16-22(31)28-18-4-2-1-3-5-18/h1-11,19H,12-16H2,(H,27,30)(H,28,31)/b11-8+. The van der Waals surface area contributed by atoms with Gasteiger partial charge in [0.15, 0.2) is 0 Å². The van der Waals surface area contributed by atoms with Gasteiger partial charge in [-0.1, -0.05) is 30.3 Å². The molecule has 0 unspecified atom stereocenters. The highest BCUT2D eigenvalue weighted by Crippen LogP contribution is 2.36. The third-order valence-corrected chi connectivity index (χ3v) is 5.64. The van der Waals surface area contributed by atoms with E-state index in [0.29, 0.717) is 25.2 Å². The molecule has 2 aromatic carbocycles. The largest absolute Gasteiger partial charge is 0.446 e. The van der Waals surface area contributed by atoms with Crippen molar-refractivity contribution in [2.75, 3.05) is 25.0 Å². The molecule has 0 aromatic heterocycles. The SMILES string of the molecule is O=C(/C=C/c1ccc(SC(F)(F)F)cc1)NC1CCN(CC(=O)Nc2ccccc2)CC1. The Morgan fingerprint density at radius 2 is 1.69 bits per heavy atom. The fourth-order valence-corrected chi connectivity index (χ4v) is 3.90. The second-order valence-corrected chi connectivity index (χ2v) is 8.56. The molecule has 1 aliphatic rings. The van der Waals surface area contributed by atoms with E-state index in [0.717, 1.165) is 18.5 Å². The fraction of sp³-hybridized carbons (Fsp3) is 0.304. The molecular weight excluding hydrogens is 439 g/mol. The zero-order valence-electron chi connectivity index (χ0n) is 17.3. The van der Waals surface area contributed by atoms with Gasteiger partial charge in [0.25, 0.3) is 0 Å². The number of piperidine rings is 1. The number of halogens is 3. The van der Waals surface area contributed by atoms with Crippen molar-refractivity contribution in [2.45, 2.75) is 29.3 Å². The number of thioether (sulfide) groups is 1. The van der Waals surface area contributed by atoms with Gasteiger partial charge in [0, 0.05) is 35.8 Å². The maximum Gasteiger partial charge on any atom is 0.446 e. The summed E-state index contributed by atoms with van der Waals surface area (Å²) in [7, 11) is 0. The van der Waals surface area contributed by atoms with Crippen LogP contribution in [-0.2, 0) is 9.59 Å². The molecule has 2 aromatic rings. The van der Waals surface area contributed by atoms with E-state index in [4.69, 9.17) is 0 Å². The Balaban J connectivity index is 1.38. The number of likely N-dealkylation sites (tertiary alicyclic amines) is 1. The van der Waals surface area contributed by atoms with E-state index in [-0.39, 0.29) is 34.5 Å². The monoisotopic (exact) mass is 463 g/mol. The van der Waals surface area contributed by atoms with Gasteiger partial charge >= 0.3 is 5.51 Å². The van der Waals surface area contributed by atoms with E-state index < -0.39 is 5.51 Å². The molecule has 0 radical (unpaired) electrons. The van der Waals surface area contributed by atoms with Crippen molar-refractivity contribution < 1.29 is 22.8 Å². The summed E-state index contributed by atoms with van der Waals surface area (Å²) in [6, 6.07) is 15.1. The first-order chi connectivity index (χ1) is 15.3. The molecule has 5 nitrogen and oxygen atoms in total. The summed E-state index contributed by atoms with van der Waals surface area (Å²) < 4.78 is 37.1. The van der Waals surface area contributed by atoms with Crippen LogP contribution in [0, 0.1) is 0 Å². The lowest BCUT2D eigenvalue weighted by Gasteiger charge is -2.31. The topological polar surface area (TPSA) is 61.4 Å².